The highest BCUT2D eigenvalue weighted by Gasteiger charge is 2.25. The largest absolute Gasteiger partial charge is 0.360 e. The van der Waals surface area contributed by atoms with Gasteiger partial charge in [-0.25, -0.2) is 0 Å². The number of aryl methyl sites for hydroxylation is 1. The standard InChI is InChI=1S/C24H23N5O3/c1-16-6-8-17(9-7-16)23-26-21(32-27-23)15-28-10-12-29(13-11-28)24(31)19-14-25-20-5-3-2-4-18(20)22(19)30/h2-9,14H,10-13,15H2,1H3,(H,25,30). The van der Waals surface area contributed by atoms with E-state index in [0.29, 0.717) is 49.8 Å². The number of aromatic amines is 1. The average molecular weight is 429 g/mol. The number of para-hydroxylation sites is 1. The van der Waals surface area contributed by atoms with Crippen molar-refractivity contribution in [2.75, 3.05) is 26.2 Å². The summed E-state index contributed by atoms with van der Waals surface area (Å²) in [6, 6.07) is 15.2. The second-order valence-electron chi connectivity index (χ2n) is 8.02. The minimum absolute atomic E-state index is 0.178. The lowest BCUT2D eigenvalue weighted by Gasteiger charge is -2.33. The summed E-state index contributed by atoms with van der Waals surface area (Å²) < 4.78 is 5.42. The molecule has 1 N–H and O–H groups in total. The lowest BCUT2D eigenvalue weighted by molar-refractivity contribution is 0.0613. The lowest BCUT2D eigenvalue weighted by Crippen LogP contribution is -2.49. The van der Waals surface area contributed by atoms with E-state index in [1.165, 1.54) is 11.8 Å². The fourth-order valence-electron chi connectivity index (χ4n) is 3.94. The van der Waals surface area contributed by atoms with Gasteiger partial charge in [0.1, 0.15) is 5.56 Å². The van der Waals surface area contributed by atoms with E-state index < -0.39 is 0 Å². The minimum atomic E-state index is -0.240. The van der Waals surface area contributed by atoms with Gasteiger partial charge in [0.2, 0.25) is 17.1 Å². The van der Waals surface area contributed by atoms with Gasteiger partial charge in [0.25, 0.3) is 5.91 Å². The van der Waals surface area contributed by atoms with Crippen LogP contribution in [0.3, 0.4) is 0 Å². The number of hydrogen-bond donors (Lipinski definition) is 1. The Bertz CT molecular complexity index is 1320. The molecule has 2 aromatic heterocycles. The molecule has 8 heteroatoms. The van der Waals surface area contributed by atoms with E-state index in [1.54, 1.807) is 17.0 Å². The number of aromatic nitrogens is 3. The van der Waals surface area contributed by atoms with Gasteiger partial charge in [-0.1, -0.05) is 47.1 Å². The maximum Gasteiger partial charge on any atom is 0.259 e. The summed E-state index contributed by atoms with van der Waals surface area (Å²) in [4.78, 5) is 37.2. The topological polar surface area (TPSA) is 95.3 Å². The predicted molar refractivity (Wildman–Crippen MR) is 120 cm³/mol. The number of carbonyl (C=O) groups is 1. The van der Waals surface area contributed by atoms with Crippen LogP contribution in [0.4, 0.5) is 0 Å². The van der Waals surface area contributed by atoms with Crippen molar-refractivity contribution in [2.45, 2.75) is 13.5 Å². The van der Waals surface area contributed by atoms with Gasteiger partial charge in [-0.05, 0) is 19.1 Å². The van der Waals surface area contributed by atoms with E-state index in [-0.39, 0.29) is 16.9 Å². The first-order chi connectivity index (χ1) is 15.6. The number of pyridine rings is 1. The first kappa shape index (κ1) is 20.1. The second-order valence-corrected chi connectivity index (χ2v) is 8.02. The first-order valence-corrected chi connectivity index (χ1v) is 10.6. The Labute approximate surface area is 184 Å². The molecule has 4 aromatic rings. The normalized spacial score (nSPS) is 14.7. The number of nitrogens with zero attached hydrogens (tertiary/aromatic N) is 4. The molecular formula is C24H23N5O3. The number of nitrogens with one attached hydrogen (secondary N) is 1. The van der Waals surface area contributed by atoms with Gasteiger partial charge < -0.3 is 14.4 Å². The third kappa shape index (κ3) is 3.92. The smallest absolute Gasteiger partial charge is 0.259 e. The van der Waals surface area contributed by atoms with Crippen LogP contribution in [0.25, 0.3) is 22.3 Å². The maximum atomic E-state index is 13.0. The molecule has 0 atom stereocenters. The van der Waals surface area contributed by atoms with E-state index in [2.05, 4.69) is 20.0 Å². The molecule has 1 amide bonds. The van der Waals surface area contributed by atoms with Gasteiger partial charge in [-0.15, -0.1) is 0 Å². The SMILES string of the molecule is Cc1ccc(-c2noc(CN3CCN(C(=O)c4c[nH]c5ccccc5c4=O)CC3)n2)cc1. The molecule has 0 aliphatic carbocycles. The van der Waals surface area contributed by atoms with Crippen LogP contribution in [0.15, 0.2) is 64.0 Å². The Morgan fingerprint density at radius 3 is 2.59 bits per heavy atom. The van der Waals surface area contributed by atoms with E-state index in [9.17, 15) is 9.59 Å². The molecule has 3 heterocycles. The molecule has 1 fully saturated rings. The zero-order valence-corrected chi connectivity index (χ0v) is 17.7. The molecule has 0 bridgehead atoms. The number of fused-ring (bicyclic) bond motifs is 1. The van der Waals surface area contributed by atoms with Crippen LogP contribution < -0.4 is 5.43 Å². The summed E-state index contributed by atoms with van der Waals surface area (Å²) in [5.74, 6) is 0.881. The Morgan fingerprint density at radius 2 is 1.81 bits per heavy atom. The van der Waals surface area contributed by atoms with Crippen LogP contribution in [0.2, 0.25) is 0 Å². The zero-order valence-electron chi connectivity index (χ0n) is 17.7. The van der Waals surface area contributed by atoms with Crippen LogP contribution in [0.1, 0.15) is 21.8 Å². The van der Waals surface area contributed by atoms with Crippen LogP contribution in [-0.2, 0) is 6.54 Å². The number of amides is 1. The average Bonchev–Trinajstić information content (AvgIpc) is 3.28. The third-order valence-electron chi connectivity index (χ3n) is 5.81. The third-order valence-corrected chi connectivity index (χ3v) is 5.81. The fourth-order valence-corrected chi connectivity index (χ4v) is 3.94. The van der Waals surface area contributed by atoms with Crippen molar-refractivity contribution in [2.24, 2.45) is 0 Å². The van der Waals surface area contributed by atoms with Gasteiger partial charge in [0, 0.05) is 48.8 Å². The number of piperazine rings is 1. The van der Waals surface area contributed by atoms with Crippen molar-refractivity contribution in [1.82, 2.24) is 24.9 Å². The maximum absolute atomic E-state index is 13.0. The van der Waals surface area contributed by atoms with Crippen LogP contribution in [0.5, 0.6) is 0 Å². The predicted octanol–water partition coefficient (Wildman–Crippen LogP) is 2.84. The van der Waals surface area contributed by atoms with Gasteiger partial charge in [0.15, 0.2) is 0 Å². The Hall–Kier alpha value is -3.78. The molecule has 1 aliphatic heterocycles. The van der Waals surface area contributed by atoms with Crippen molar-refractivity contribution < 1.29 is 9.32 Å². The van der Waals surface area contributed by atoms with Gasteiger partial charge in [0.05, 0.1) is 6.54 Å². The summed E-state index contributed by atoms with van der Waals surface area (Å²) in [5, 5.41) is 4.61. The minimum Gasteiger partial charge on any atom is -0.360 e. The molecule has 8 nitrogen and oxygen atoms in total. The monoisotopic (exact) mass is 429 g/mol. The summed E-state index contributed by atoms with van der Waals surface area (Å²) >= 11 is 0. The molecule has 1 aliphatic rings. The molecule has 162 valence electrons. The van der Waals surface area contributed by atoms with Crippen molar-refractivity contribution in [3.8, 4) is 11.4 Å². The van der Waals surface area contributed by atoms with Crippen LogP contribution in [-0.4, -0.2) is 57.0 Å². The highest BCUT2D eigenvalue weighted by molar-refractivity contribution is 5.97. The van der Waals surface area contributed by atoms with Gasteiger partial charge in [-0.2, -0.15) is 4.98 Å². The van der Waals surface area contributed by atoms with Crippen molar-refractivity contribution in [1.29, 1.82) is 0 Å². The molecule has 0 spiro atoms. The van der Waals surface area contributed by atoms with Crippen molar-refractivity contribution in [3.05, 3.63) is 82.0 Å². The van der Waals surface area contributed by atoms with E-state index >= 15 is 0 Å². The molecule has 32 heavy (non-hydrogen) atoms. The van der Waals surface area contributed by atoms with Gasteiger partial charge in [-0.3, -0.25) is 14.5 Å². The molecule has 5 rings (SSSR count). The molecule has 2 aromatic carbocycles. The Kier molecular flexibility index (Phi) is 5.28. The molecule has 0 radical (unpaired) electrons. The summed E-state index contributed by atoms with van der Waals surface area (Å²) in [5.41, 5.74) is 2.76. The Morgan fingerprint density at radius 1 is 1.06 bits per heavy atom. The Balaban J connectivity index is 1.22. The molecule has 0 unspecified atom stereocenters. The molecular weight excluding hydrogens is 406 g/mol. The van der Waals surface area contributed by atoms with E-state index in [1.807, 2.05) is 43.3 Å². The van der Waals surface area contributed by atoms with Crippen molar-refractivity contribution >= 4 is 16.8 Å². The highest BCUT2D eigenvalue weighted by Crippen LogP contribution is 2.18. The van der Waals surface area contributed by atoms with E-state index in [4.69, 9.17) is 4.52 Å². The highest BCUT2D eigenvalue weighted by atomic mass is 16.5. The number of hydrogen-bond acceptors (Lipinski definition) is 6. The van der Waals surface area contributed by atoms with Gasteiger partial charge >= 0.3 is 0 Å². The summed E-state index contributed by atoms with van der Waals surface area (Å²) in [6.07, 6.45) is 1.52. The van der Waals surface area contributed by atoms with Crippen LogP contribution in [0, 0.1) is 6.92 Å². The molecule has 0 saturated carbocycles. The summed E-state index contributed by atoms with van der Waals surface area (Å²) in [6.45, 7) is 4.95. The molecule has 1 saturated heterocycles. The van der Waals surface area contributed by atoms with Crippen LogP contribution >= 0.6 is 0 Å². The number of benzene rings is 2. The zero-order chi connectivity index (χ0) is 22.1. The lowest BCUT2D eigenvalue weighted by atomic mass is 10.1. The summed E-state index contributed by atoms with van der Waals surface area (Å²) in [7, 11) is 0. The number of rotatable bonds is 4. The number of H-pyrrole nitrogens is 1. The quantitative estimate of drug-likeness (QED) is 0.536. The number of carbonyl (C=O) groups excluding carboxylic acids is 1. The fraction of sp³-hybridized carbons (Fsp3) is 0.250. The second kappa shape index (κ2) is 8.39. The first-order valence-electron chi connectivity index (χ1n) is 10.6. The van der Waals surface area contributed by atoms with Crippen molar-refractivity contribution in [3.63, 3.8) is 0 Å². The van der Waals surface area contributed by atoms with E-state index in [0.717, 1.165) is 11.1 Å².